The molecule has 1 aliphatic carbocycles. The van der Waals surface area contributed by atoms with Gasteiger partial charge in [-0.15, -0.1) is 0 Å². The van der Waals surface area contributed by atoms with Crippen LogP contribution in [0.4, 0.5) is 10.5 Å². The van der Waals surface area contributed by atoms with Crippen LogP contribution in [0.2, 0.25) is 0 Å². The third kappa shape index (κ3) is 3.01. The third-order valence-electron chi connectivity index (χ3n) is 4.07. The number of carboxylic acid groups (broad SMARTS) is 1. The Morgan fingerprint density at radius 2 is 1.86 bits per heavy atom. The molecule has 0 bridgehead atoms. The van der Waals surface area contributed by atoms with Gasteiger partial charge in [0.25, 0.3) is 0 Å². The number of nitrogens with zero attached hydrogens (tertiary/aromatic N) is 1. The molecule has 1 aliphatic rings. The molecule has 0 aromatic heterocycles. The van der Waals surface area contributed by atoms with Gasteiger partial charge in [0.05, 0.1) is 5.41 Å². The zero-order valence-corrected chi connectivity index (χ0v) is 12.7. The Labute approximate surface area is 125 Å². The molecule has 1 fully saturated rings. The van der Waals surface area contributed by atoms with E-state index in [1.807, 2.05) is 20.8 Å². The van der Waals surface area contributed by atoms with E-state index in [4.69, 9.17) is 0 Å². The maximum Gasteiger partial charge on any atom is 0.322 e. The Morgan fingerprint density at radius 1 is 1.29 bits per heavy atom. The van der Waals surface area contributed by atoms with Crippen molar-refractivity contribution in [1.29, 1.82) is 0 Å². The first-order valence-electron chi connectivity index (χ1n) is 7.32. The van der Waals surface area contributed by atoms with E-state index < -0.39 is 11.4 Å². The van der Waals surface area contributed by atoms with Gasteiger partial charge in [0.15, 0.2) is 0 Å². The highest BCUT2D eigenvalue weighted by Crippen LogP contribution is 2.48. The van der Waals surface area contributed by atoms with Crippen molar-refractivity contribution in [1.82, 2.24) is 4.90 Å². The predicted octanol–water partition coefficient (Wildman–Crippen LogP) is 3.07. The Bertz CT molecular complexity index is 533. The number of rotatable bonds is 5. The largest absolute Gasteiger partial charge is 0.481 e. The summed E-state index contributed by atoms with van der Waals surface area (Å²) < 4.78 is 0. The van der Waals surface area contributed by atoms with Crippen LogP contribution >= 0.6 is 0 Å². The second-order valence-electron chi connectivity index (χ2n) is 5.77. The second-order valence-corrected chi connectivity index (χ2v) is 5.77. The maximum atomic E-state index is 12.1. The van der Waals surface area contributed by atoms with Gasteiger partial charge in [0.2, 0.25) is 0 Å². The van der Waals surface area contributed by atoms with Crippen LogP contribution in [0.5, 0.6) is 0 Å². The first-order valence-corrected chi connectivity index (χ1v) is 7.32. The number of amides is 2. The number of aliphatic carboxylic acids is 1. The summed E-state index contributed by atoms with van der Waals surface area (Å²) >= 11 is 0. The summed E-state index contributed by atoms with van der Waals surface area (Å²) in [6.07, 6.45) is 1.37. The van der Waals surface area contributed by atoms with Gasteiger partial charge in [-0.1, -0.05) is 12.1 Å². The van der Waals surface area contributed by atoms with E-state index in [2.05, 4.69) is 5.32 Å². The molecule has 114 valence electrons. The van der Waals surface area contributed by atoms with Crippen LogP contribution in [0.1, 0.15) is 39.2 Å². The van der Waals surface area contributed by atoms with Crippen molar-refractivity contribution in [3.8, 4) is 0 Å². The fraction of sp³-hybridized carbons (Fsp3) is 0.500. The Morgan fingerprint density at radius 3 is 2.24 bits per heavy atom. The molecular weight excluding hydrogens is 268 g/mol. The van der Waals surface area contributed by atoms with E-state index >= 15 is 0 Å². The summed E-state index contributed by atoms with van der Waals surface area (Å²) in [6.45, 7) is 6.52. The highest BCUT2D eigenvalue weighted by atomic mass is 16.4. The smallest absolute Gasteiger partial charge is 0.322 e. The lowest BCUT2D eigenvalue weighted by Gasteiger charge is -2.25. The van der Waals surface area contributed by atoms with Gasteiger partial charge in [-0.05, 0) is 51.3 Å². The highest BCUT2D eigenvalue weighted by Gasteiger charge is 2.51. The minimum Gasteiger partial charge on any atom is -0.481 e. The lowest BCUT2D eigenvalue weighted by molar-refractivity contribution is -0.140. The number of carbonyl (C=O) groups excluding carboxylic acids is 1. The van der Waals surface area contributed by atoms with Crippen LogP contribution in [0.3, 0.4) is 0 Å². The number of anilines is 1. The summed E-state index contributed by atoms with van der Waals surface area (Å²) in [7, 11) is 0. The van der Waals surface area contributed by atoms with Crippen molar-refractivity contribution in [3.05, 3.63) is 29.8 Å². The minimum absolute atomic E-state index is 0.135. The Balaban J connectivity index is 2.07. The van der Waals surface area contributed by atoms with Crippen molar-refractivity contribution in [2.45, 2.75) is 45.1 Å². The molecule has 0 spiro atoms. The van der Waals surface area contributed by atoms with Crippen LogP contribution in [0.25, 0.3) is 0 Å². The zero-order valence-electron chi connectivity index (χ0n) is 12.7. The molecule has 0 saturated heterocycles. The first kappa shape index (κ1) is 15.4. The van der Waals surface area contributed by atoms with Gasteiger partial charge < -0.3 is 15.3 Å². The average Bonchev–Trinajstić information content (AvgIpc) is 3.21. The quantitative estimate of drug-likeness (QED) is 0.875. The van der Waals surface area contributed by atoms with E-state index in [9.17, 15) is 14.7 Å². The van der Waals surface area contributed by atoms with Gasteiger partial charge in [-0.25, -0.2) is 4.79 Å². The molecule has 0 aliphatic heterocycles. The summed E-state index contributed by atoms with van der Waals surface area (Å²) in [5, 5.41) is 12.1. The van der Waals surface area contributed by atoms with E-state index in [0.29, 0.717) is 25.1 Å². The molecule has 2 amide bonds. The Hall–Kier alpha value is -2.04. The molecule has 0 radical (unpaired) electrons. The van der Waals surface area contributed by atoms with Crippen LogP contribution in [0, 0.1) is 0 Å². The molecule has 1 saturated carbocycles. The highest BCUT2D eigenvalue weighted by molar-refractivity contribution is 5.90. The van der Waals surface area contributed by atoms with E-state index in [1.165, 1.54) is 0 Å². The summed E-state index contributed by atoms with van der Waals surface area (Å²) in [4.78, 5) is 25.1. The number of urea groups is 1. The first-order chi connectivity index (χ1) is 9.90. The van der Waals surface area contributed by atoms with Gasteiger partial charge in [-0.3, -0.25) is 4.79 Å². The SMILES string of the molecule is CCN(C(=O)Nc1ccc(C2(C(=O)O)CC2)cc1)C(C)C. The molecule has 0 heterocycles. The Kier molecular flexibility index (Phi) is 4.21. The second kappa shape index (κ2) is 5.76. The van der Waals surface area contributed by atoms with Crippen molar-refractivity contribution in [2.24, 2.45) is 0 Å². The summed E-state index contributed by atoms with van der Waals surface area (Å²) in [6, 6.07) is 7.12. The zero-order chi connectivity index (χ0) is 15.6. The number of carbonyl (C=O) groups is 2. The van der Waals surface area contributed by atoms with Crippen molar-refractivity contribution in [2.75, 3.05) is 11.9 Å². The number of hydrogen-bond acceptors (Lipinski definition) is 2. The predicted molar refractivity (Wildman–Crippen MR) is 81.5 cm³/mol. The van der Waals surface area contributed by atoms with Crippen LogP contribution < -0.4 is 5.32 Å². The van der Waals surface area contributed by atoms with Gasteiger partial charge in [0, 0.05) is 18.3 Å². The molecule has 0 atom stereocenters. The van der Waals surface area contributed by atoms with Crippen LogP contribution in [0.15, 0.2) is 24.3 Å². The number of benzene rings is 1. The number of nitrogens with one attached hydrogen (secondary N) is 1. The van der Waals surface area contributed by atoms with E-state index in [1.54, 1.807) is 29.2 Å². The molecule has 1 aromatic carbocycles. The monoisotopic (exact) mass is 290 g/mol. The summed E-state index contributed by atoms with van der Waals surface area (Å²) in [5.41, 5.74) is 0.795. The van der Waals surface area contributed by atoms with Crippen molar-refractivity contribution in [3.63, 3.8) is 0 Å². The molecule has 21 heavy (non-hydrogen) atoms. The molecule has 2 N–H and O–H groups in total. The topological polar surface area (TPSA) is 69.6 Å². The molecule has 5 heteroatoms. The van der Waals surface area contributed by atoms with Gasteiger partial charge >= 0.3 is 12.0 Å². The third-order valence-corrected chi connectivity index (χ3v) is 4.07. The summed E-state index contributed by atoms with van der Waals surface area (Å²) in [5.74, 6) is -0.767. The number of hydrogen-bond donors (Lipinski definition) is 2. The van der Waals surface area contributed by atoms with Crippen LogP contribution in [-0.2, 0) is 10.2 Å². The van der Waals surface area contributed by atoms with E-state index in [-0.39, 0.29) is 12.1 Å². The molecular formula is C16H22N2O3. The lowest BCUT2D eigenvalue weighted by atomic mass is 9.96. The average molecular weight is 290 g/mol. The molecule has 2 rings (SSSR count). The van der Waals surface area contributed by atoms with Crippen molar-refractivity contribution < 1.29 is 14.7 Å². The van der Waals surface area contributed by atoms with Gasteiger partial charge in [-0.2, -0.15) is 0 Å². The van der Waals surface area contributed by atoms with Gasteiger partial charge in [0.1, 0.15) is 0 Å². The fourth-order valence-corrected chi connectivity index (χ4v) is 2.56. The number of carboxylic acids is 1. The molecule has 0 unspecified atom stereocenters. The fourth-order valence-electron chi connectivity index (χ4n) is 2.56. The minimum atomic E-state index is -0.767. The normalized spacial score (nSPS) is 15.6. The van der Waals surface area contributed by atoms with Crippen molar-refractivity contribution >= 4 is 17.7 Å². The van der Waals surface area contributed by atoms with E-state index in [0.717, 1.165) is 5.56 Å². The molecule has 5 nitrogen and oxygen atoms in total. The maximum absolute atomic E-state index is 12.1. The lowest BCUT2D eigenvalue weighted by Crippen LogP contribution is -2.39. The molecule has 1 aromatic rings. The van der Waals surface area contributed by atoms with Crippen LogP contribution in [-0.4, -0.2) is 34.6 Å². The standard InChI is InChI=1S/C16H22N2O3/c1-4-18(11(2)3)15(21)17-13-7-5-12(6-8-13)16(9-10-16)14(19)20/h5-8,11H,4,9-10H2,1-3H3,(H,17,21)(H,19,20).